The molecule has 19 heavy (non-hydrogen) atoms. The minimum Gasteiger partial charge on any atom is -0.481 e. The van der Waals surface area contributed by atoms with E-state index in [0.29, 0.717) is 32.2 Å². The van der Waals surface area contributed by atoms with Crippen LogP contribution in [0.5, 0.6) is 0 Å². The van der Waals surface area contributed by atoms with E-state index in [4.69, 9.17) is 5.11 Å². The molecule has 6 nitrogen and oxygen atoms in total. The molecular formula is C13H19N3O3. The van der Waals surface area contributed by atoms with Crippen molar-refractivity contribution in [2.45, 2.75) is 32.1 Å². The molecule has 1 heterocycles. The molecular weight excluding hydrogens is 246 g/mol. The second-order valence-corrected chi connectivity index (χ2v) is 4.36. The standard InChI is InChI=1S/C13H19N3O3/c1-16(9-6-11-10-14-7-8-15-11)12(17)4-2-3-5-13(18)19/h7-8,10H,2-6,9H2,1H3,(H,18,19). The first-order valence-electron chi connectivity index (χ1n) is 6.30. The topological polar surface area (TPSA) is 83.4 Å². The Kier molecular flexibility index (Phi) is 6.49. The third-order valence-electron chi connectivity index (χ3n) is 2.78. The Morgan fingerprint density at radius 1 is 1.26 bits per heavy atom. The predicted octanol–water partition coefficient (Wildman–Crippen LogP) is 1.12. The van der Waals surface area contributed by atoms with Gasteiger partial charge in [0.2, 0.25) is 5.91 Å². The Balaban J connectivity index is 2.20. The second-order valence-electron chi connectivity index (χ2n) is 4.36. The van der Waals surface area contributed by atoms with Gasteiger partial charge in [0, 0.05) is 51.4 Å². The largest absolute Gasteiger partial charge is 0.481 e. The number of carbonyl (C=O) groups excluding carboxylic acids is 1. The van der Waals surface area contributed by atoms with Crippen LogP contribution in [0, 0.1) is 0 Å². The molecule has 0 saturated carbocycles. The lowest BCUT2D eigenvalue weighted by Gasteiger charge is -2.16. The van der Waals surface area contributed by atoms with E-state index < -0.39 is 5.97 Å². The molecule has 1 aromatic heterocycles. The number of hydrogen-bond acceptors (Lipinski definition) is 4. The number of likely N-dealkylation sites (N-methyl/N-ethyl adjacent to an activating group) is 1. The summed E-state index contributed by atoms with van der Waals surface area (Å²) in [5, 5.41) is 8.49. The third kappa shape index (κ3) is 6.49. The van der Waals surface area contributed by atoms with Crippen LogP contribution >= 0.6 is 0 Å². The molecule has 0 saturated heterocycles. The van der Waals surface area contributed by atoms with Crippen LogP contribution in [0.25, 0.3) is 0 Å². The summed E-state index contributed by atoms with van der Waals surface area (Å²) in [5.41, 5.74) is 0.855. The van der Waals surface area contributed by atoms with Gasteiger partial charge < -0.3 is 10.0 Å². The number of nitrogens with zero attached hydrogens (tertiary/aromatic N) is 3. The van der Waals surface area contributed by atoms with Gasteiger partial charge in [-0.2, -0.15) is 0 Å². The van der Waals surface area contributed by atoms with Crippen molar-refractivity contribution in [2.75, 3.05) is 13.6 Å². The van der Waals surface area contributed by atoms with E-state index in [1.807, 2.05) is 0 Å². The number of amides is 1. The lowest BCUT2D eigenvalue weighted by Crippen LogP contribution is -2.28. The van der Waals surface area contributed by atoms with Gasteiger partial charge in [-0.05, 0) is 12.8 Å². The second kappa shape index (κ2) is 8.18. The highest BCUT2D eigenvalue weighted by atomic mass is 16.4. The van der Waals surface area contributed by atoms with Gasteiger partial charge in [-0.3, -0.25) is 19.6 Å². The molecule has 1 rings (SSSR count). The van der Waals surface area contributed by atoms with Crippen LogP contribution in [0.2, 0.25) is 0 Å². The first-order valence-corrected chi connectivity index (χ1v) is 6.30. The van der Waals surface area contributed by atoms with E-state index in [9.17, 15) is 9.59 Å². The first-order chi connectivity index (χ1) is 9.09. The summed E-state index contributed by atoms with van der Waals surface area (Å²) in [6, 6.07) is 0. The molecule has 0 atom stereocenters. The van der Waals surface area contributed by atoms with Gasteiger partial charge in [-0.15, -0.1) is 0 Å². The lowest BCUT2D eigenvalue weighted by molar-refractivity contribution is -0.137. The minimum atomic E-state index is -0.816. The summed E-state index contributed by atoms with van der Waals surface area (Å²) in [4.78, 5) is 31.8. The molecule has 0 aromatic carbocycles. The molecule has 6 heteroatoms. The van der Waals surface area contributed by atoms with E-state index >= 15 is 0 Å². The Morgan fingerprint density at radius 2 is 2.00 bits per heavy atom. The molecule has 0 aliphatic heterocycles. The Labute approximate surface area is 112 Å². The van der Waals surface area contributed by atoms with Gasteiger partial charge in [0.25, 0.3) is 0 Å². The maximum absolute atomic E-state index is 11.8. The zero-order valence-corrected chi connectivity index (χ0v) is 11.1. The van der Waals surface area contributed by atoms with E-state index in [1.54, 1.807) is 30.5 Å². The van der Waals surface area contributed by atoms with Gasteiger partial charge in [0.15, 0.2) is 0 Å². The van der Waals surface area contributed by atoms with Crippen LogP contribution in [0.15, 0.2) is 18.6 Å². The highest BCUT2D eigenvalue weighted by molar-refractivity contribution is 5.75. The number of carboxylic acids is 1. The third-order valence-corrected chi connectivity index (χ3v) is 2.78. The van der Waals surface area contributed by atoms with Crippen molar-refractivity contribution in [2.24, 2.45) is 0 Å². The van der Waals surface area contributed by atoms with Crippen molar-refractivity contribution in [3.63, 3.8) is 0 Å². The Bertz CT molecular complexity index is 409. The fourth-order valence-corrected chi connectivity index (χ4v) is 1.61. The number of hydrogen-bond donors (Lipinski definition) is 1. The molecule has 0 unspecified atom stereocenters. The molecule has 1 amide bonds. The van der Waals surface area contributed by atoms with Crippen molar-refractivity contribution in [3.05, 3.63) is 24.3 Å². The fourth-order valence-electron chi connectivity index (χ4n) is 1.61. The lowest BCUT2D eigenvalue weighted by atomic mass is 10.2. The summed E-state index contributed by atoms with van der Waals surface area (Å²) in [5.74, 6) is -0.780. The predicted molar refractivity (Wildman–Crippen MR) is 69.5 cm³/mol. The monoisotopic (exact) mass is 265 g/mol. The van der Waals surface area contributed by atoms with Crippen molar-refractivity contribution >= 4 is 11.9 Å². The minimum absolute atomic E-state index is 0.0364. The number of unbranched alkanes of at least 4 members (excludes halogenated alkanes) is 1. The molecule has 104 valence electrons. The van der Waals surface area contributed by atoms with Crippen LogP contribution in [0.1, 0.15) is 31.4 Å². The molecule has 0 radical (unpaired) electrons. The normalized spacial score (nSPS) is 10.2. The quantitative estimate of drug-likeness (QED) is 0.712. The molecule has 0 fully saturated rings. The van der Waals surface area contributed by atoms with Gasteiger partial charge in [0.1, 0.15) is 0 Å². The summed E-state index contributed by atoms with van der Waals surface area (Å²) in [6.07, 6.45) is 7.26. The van der Waals surface area contributed by atoms with E-state index in [-0.39, 0.29) is 12.3 Å². The highest BCUT2D eigenvalue weighted by Crippen LogP contribution is 2.03. The van der Waals surface area contributed by atoms with E-state index in [1.165, 1.54) is 0 Å². The fraction of sp³-hybridized carbons (Fsp3) is 0.538. The maximum atomic E-state index is 11.8. The van der Waals surface area contributed by atoms with Crippen LogP contribution in [0.4, 0.5) is 0 Å². The van der Waals surface area contributed by atoms with Gasteiger partial charge in [0.05, 0.1) is 5.69 Å². The average molecular weight is 265 g/mol. The van der Waals surface area contributed by atoms with Gasteiger partial charge in [-0.1, -0.05) is 0 Å². The van der Waals surface area contributed by atoms with Crippen LogP contribution in [-0.2, 0) is 16.0 Å². The van der Waals surface area contributed by atoms with Crippen molar-refractivity contribution in [1.29, 1.82) is 0 Å². The molecule has 0 aliphatic carbocycles. The highest BCUT2D eigenvalue weighted by Gasteiger charge is 2.09. The SMILES string of the molecule is CN(CCc1cnccn1)C(=O)CCCCC(=O)O. The molecule has 1 N–H and O–H groups in total. The molecule has 0 spiro atoms. The molecule has 0 bridgehead atoms. The maximum Gasteiger partial charge on any atom is 0.303 e. The van der Waals surface area contributed by atoms with Crippen LogP contribution in [0.3, 0.4) is 0 Å². The molecule has 1 aromatic rings. The smallest absolute Gasteiger partial charge is 0.303 e. The van der Waals surface area contributed by atoms with E-state index in [0.717, 1.165) is 5.69 Å². The number of rotatable bonds is 8. The Hall–Kier alpha value is -1.98. The van der Waals surface area contributed by atoms with Gasteiger partial charge in [-0.25, -0.2) is 0 Å². The summed E-state index contributed by atoms with van der Waals surface area (Å²) < 4.78 is 0. The number of aromatic nitrogens is 2. The van der Waals surface area contributed by atoms with Crippen molar-refractivity contribution < 1.29 is 14.7 Å². The first kappa shape index (κ1) is 15.1. The molecule has 0 aliphatic rings. The summed E-state index contributed by atoms with van der Waals surface area (Å²) >= 11 is 0. The number of aliphatic carboxylic acids is 1. The zero-order chi connectivity index (χ0) is 14.1. The van der Waals surface area contributed by atoms with Gasteiger partial charge >= 0.3 is 5.97 Å². The summed E-state index contributed by atoms with van der Waals surface area (Å²) in [6.45, 7) is 0.594. The van der Waals surface area contributed by atoms with Crippen LogP contribution in [-0.4, -0.2) is 45.4 Å². The summed E-state index contributed by atoms with van der Waals surface area (Å²) in [7, 11) is 1.75. The van der Waals surface area contributed by atoms with Crippen molar-refractivity contribution in [1.82, 2.24) is 14.9 Å². The number of carboxylic acid groups (broad SMARTS) is 1. The number of carbonyl (C=O) groups is 2. The van der Waals surface area contributed by atoms with Crippen molar-refractivity contribution in [3.8, 4) is 0 Å². The Morgan fingerprint density at radius 3 is 2.63 bits per heavy atom. The van der Waals surface area contributed by atoms with Crippen LogP contribution < -0.4 is 0 Å². The zero-order valence-electron chi connectivity index (χ0n) is 11.1. The average Bonchev–Trinajstić information content (AvgIpc) is 2.41. The van der Waals surface area contributed by atoms with E-state index in [2.05, 4.69) is 9.97 Å².